The lowest BCUT2D eigenvalue weighted by molar-refractivity contribution is -0.138. The molecule has 656 valence electrons. The molecule has 0 aliphatic heterocycles. The summed E-state index contributed by atoms with van der Waals surface area (Å²) in [5.41, 5.74) is 10.6. The fourth-order valence-electron chi connectivity index (χ4n) is 15.1. The fourth-order valence-corrected chi connectivity index (χ4v) is 17.1. The van der Waals surface area contributed by atoms with Crippen molar-refractivity contribution < 1.29 is 57.9 Å². The first-order valence-electron chi connectivity index (χ1n) is 40.8. The Bertz CT molecular complexity index is 5740. The number of pyridine rings is 4. The number of benzene rings is 5. The molecule has 5 fully saturated rings. The Labute approximate surface area is 771 Å². The van der Waals surface area contributed by atoms with E-state index in [-0.39, 0.29) is 52.6 Å². The summed E-state index contributed by atoms with van der Waals surface area (Å²) in [6.45, 7) is 1.81. The second-order valence-electron chi connectivity index (χ2n) is 31.6. The van der Waals surface area contributed by atoms with Gasteiger partial charge >= 0.3 is 6.18 Å². The number of primary amides is 1. The van der Waals surface area contributed by atoms with Crippen LogP contribution in [0.15, 0.2) is 187 Å². The molecule has 4 amide bonds. The zero-order valence-electron chi connectivity index (χ0n) is 68.8. The third-order valence-corrected chi connectivity index (χ3v) is 23.7. The van der Waals surface area contributed by atoms with Crippen molar-refractivity contribution in [2.24, 2.45) is 11.5 Å². The van der Waals surface area contributed by atoms with Gasteiger partial charge in [-0.3, -0.25) is 24.2 Å². The number of alkyl halides is 3. The molecule has 10 atom stereocenters. The summed E-state index contributed by atoms with van der Waals surface area (Å²) in [4.78, 5) is 65.0. The molecule has 0 radical (unpaired) electrons. The van der Waals surface area contributed by atoms with Gasteiger partial charge in [-0.25, -0.2) is 15.0 Å². The van der Waals surface area contributed by atoms with E-state index in [1.54, 1.807) is 97.1 Å². The average Bonchev–Trinajstić information content (AvgIpc) is 0.812. The van der Waals surface area contributed by atoms with Gasteiger partial charge in [0.15, 0.2) is 0 Å². The van der Waals surface area contributed by atoms with Gasteiger partial charge in [0.1, 0.15) is 43.3 Å². The van der Waals surface area contributed by atoms with Gasteiger partial charge in [0, 0.05) is 144 Å². The molecule has 5 saturated carbocycles. The van der Waals surface area contributed by atoms with Crippen LogP contribution in [0.5, 0.6) is 0 Å². The van der Waals surface area contributed by atoms with Crippen molar-refractivity contribution in [3.8, 4) is 59.2 Å². The van der Waals surface area contributed by atoms with Crippen LogP contribution in [-0.4, -0.2) is 128 Å². The Morgan fingerprint density at radius 2 is 0.849 bits per heavy atom. The van der Waals surface area contributed by atoms with E-state index in [4.69, 9.17) is 92.7 Å². The minimum Gasteiger partial charge on any atom is -0.378 e. The molecular weight excluding hydrogens is 1770 g/mol. The Balaban J connectivity index is 0.000000166. The minimum atomic E-state index is -4.66. The molecule has 4 heterocycles. The molecule has 18 nitrogen and oxygen atoms in total. The highest BCUT2D eigenvalue weighted by atomic mass is 35.5. The van der Waals surface area contributed by atoms with E-state index in [1.165, 1.54) is 24.0 Å². The molecule has 12 N–H and O–H groups in total. The molecule has 5 aliphatic rings. The van der Waals surface area contributed by atoms with Crippen LogP contribution in [0.3, 0.4) is 0 Å². The maximum Gasteiger partial charge on any atom is 0.417 e. The van der Waals surface area contributed by atoms with Crippen LogP contribution in [0.1, 0.15) is 221 Å². The van der Waals surface area contributed by atoms with E-state index >= 15 is 0 Å². The van der Waals surface area contributed by atoms with Crippen LogP contribution >= 0.6 is 93.0 Å². The lowest BCUT2D eigenvalue weighted by Gasteiger charge is -2.33. The number of nitrogens with zero attached hydrogens (tertiary/aromatic N) is 4. The Morgan fingerprint density at radius 1 is 0.460 bits per heavy atom. The number of carbonyl (C=O) groups excluding carboxylic acids is 4. The van der Waals surface area contributed by atoms with E-state index in [0.717, 1.165) is 103 Å². The molecular formula is C97H93Cl7F3N9O9S. The van der Waals surface area contributed by atoms with Crippen LogP contribution in [0, 0.1) is 66.1 Å². The molecule has 9 aromatic rings. The fraction of sp³-hybridized carbons (Fsp3) is 0.340. The minimum absolute atomic E-state index is 0.0578. The standard InChI is InChI=1S/C21H20Cl2N2O2.C21H18ClF3N2O2.C21H21ClN2O2S.C20H18Cl2N2O2.C14H16ClNO/c1-14-7-8-18(19(23)24-14)20(26)25-17-6-3-10-21(27,13-17)11-9-15-4-2-5-16(22)12-15;22-15-4-1-3-14(11-15)6-9-20(29)8-2-5-16(12-20)27-19(28)17-13-26-10-7-18(17)21(23,24)25;1-27-20-17(19(23)25)7-8-18(24-20)15-5-3-10-21(26,13-15)11-9-14-4-2-6-16(22)12-14;21-16-4-1-3-14(11-16)6-9-20(26)8-2-5-17(13-20)24-19(25)15-7-10-23-18(22)12-15;15-12-4-1-3-11(9-12)6-8-14(17)7-2-5-13(16)10-14/h2,4-5,7-8,12,17,27H,3,6,10,13H2,1H3,(H,25,26);1,3-4,7,10-11,13,16,29H,2,5,8,12H2,(H,27,28);2,4,6-8,12,15,26H,3,5,10,13H2,1H3,(H2,23,25);1,3-4,7,10-12,17,26H,2,5,8,13H2,(H,24,25);1,3-4,9,13,17H,2,5,7,10,16H2/t17-,21+;16-,20+;15-,21+;17-,20+;13-,14+/m00000/s1. The van der Waals surface area contributed by atoms with E-state index < -0.39 is 63.2 Å². The molecule has 4 aromatic heterocycles. The van der Waals surface area contributed by atoms with Gasteiger partial charge in [-0.15, -0.1) is 11.8 Å². The van der Waals surface area contributed by atoms with Crippen LogP contribution < -0.4 is 27.4 Å². The van der Waals surface area contributed by atoms with Crippen molar-refractivity contribution in [2.45, 2.75) is 205 Å². The van der Waals surface area contributed by atoms with Crippen molar-refractivity contribution in [1.82, 2.24) is 35.9 Å². The van der Waals surface area contributed by atoms with Crippen molar-refractivity contribution in [3.05, 3.63) is 285 Å². The number of amides is 4. The summed E-state index contributed by atoms with van der Waals surface area (Å²) < 4.78 is 39.4. The molecule has 29 heteroatoms. The SMILES string of the molecule is CSc1nc([C@H]2CCC[C@@](O)(C#Cc3cccc(Cl)c3)C2)ccc1C(N)=O.Cc1ccc(C(=O)N[C@H]2CCC[C@@](O)(C#Cc3cccc(Cl)c3)C2)c(Cl)n1.N[C@H]1CCC[C@@](O)(C#Cc2cccc(Cl)c2)C1.O=C(N[C@H]1CCC[C@@](O)(C#Cc2cccc(Cl)c2)C1)c1ccnc(Cl)c1.O=C(N[C@H]1CCC[C@@](O)(C#Cc2cccc(Cl)c2)C1)c1cnccc1C(F)(F)F. The van der Waals surface area contributed by atoms with E-state index in [9.17, 15) is 57.9 Å². The third-order valence-electron chi connectivity index (χ3n) is 21.4. The lowest BCUT2D eigenvalue weighted by Crippen LogP contribution is -2.45. The van der Waals surface area contributed by atoms with Gasteiger partial charge in [0.2, 0.25) is 0 Å². The Hall–Kier alpha value is -9.69. The maximum atomic E-state index is 13.1. The van der Waals surface area contributed by atoms with Gasteiger partial charge in [0.25, 0.3) is 23.6 Å². The molecule has 0 bridgehead atoms. The number of hydrogen-bond donors (Lipinski definition) is 10. The molecule has 5 aliphatic carbocycles. The molecule has 0 unspecified atom stereocenters. The van der Waals surface area contributed by atoms with E-state index in [0.29, 0.717) is 123 Å². The number of aliphatic hydroxyl groups is 5. The van der Waals surface area contributed by atoms with Crippen LogP contribution in [-0.2, 0) is 6.18 Å². The largest absolute Gasteiger partial charge is 0.417 e. The first-order valence-corrected chi connectivity index (χ1v) is 44.6. The Morgan fingerprint density at radius 3 is 1.24 bits per heavy atom. The van der Waals surface area contributed by atoms with Crippen molar-refractivity contribution in [3.63, 3.8) is 0 Å². The summed E-state index contributed by atoms with van der Waals surface area (Å²) in [7, 11) is 0. The number of hydrogen-bond acceptors (Lipinski definition) is 15. The normalized spacial score (nSPS) is 22.8. The van der Waals surface area contributed by atoms with Crippen LogP contribution in [0.25, 0.3) is 0 Å². The number of rotatable bonds is 9. The van der Waals surface area contributed by atoms with Gasteiger partial charge in [-0.2, -0.15) is 13.2 Å². The lowest BCUT2D eigenvalue weighted by atomic mass is 9.77. The van der Waals surface area contributed by atoms with E-state index in [2.05, 4.69) is 95.1 Å². The summed E-state index contributed by atoms with van der Waals surface area (Å²) >= 11 is 43.0. The van der Waals surface area contributed by atoms with Crippen molar-refractivity contribution in [1.29, 1.82) is 0 Å². The van der Waals surface area contributed by atoms with E-state index in [1.807, 2.05) is 67.8 Å². The zero-order chi connectivity index (χ0) is 90.8. The highest BCUT2D eigenvalue weighted by Crippen LogP contribution is 2.40. The predicted molar refractivity (Wildman–Crippen MR) is 490 cm³/mol. The first kappa shape index (κ1) is 98.5. The van der Waals surface area contributed by atoms with Crippen LogP contribution in [0.4, 0.5) is 13.2 Å². The Kier molecular flexibility index (Phi) is 35.8. The number of nitrogens with two attached hydrogens (primary N) is 2. The average molecular weight is 1870 g/mol. The molecule has 14 rings (SSSR count). The topological polar surface area (TPSA) is 309 Å². The molecule has 0 spiro atoms. The second kappa shape index (κ2) is 45.8. The number of aromatic nitrogens is 4. The molecule has 0 saturated heterocycles. The van der Waals surface area contributed by atoms with Crippen LogP contribution in [0.2, 0.25) is 35.4 Å². The number of thioether (sulfide) groups is 1. The van der Waals surface area contributed by atoms with Gasteiger partial charge in [-0.1, -0.05) is 171 Å². The maximum absolute atomic E-state index is 13.1. The summed E-state index contributed by atoms with van der Waals surface area (Å²) in [6.07, 6.45) is 13.3. The quantitative estimate of drug-likeness (QED) is 0.0365. The summed E-state index contributed by atoms with van der Waals surface area (Å²) in [5, 5.41) is 66.3. The van der Waals surface area contributed by atoms with Gasteiger partial charge in [0.05, 0.1) is 22.3 Å². The number of halogens is 10. The second-order valence-corrected chi connectivity index (χ2v) is 35.4. The zero-order valence-corrected chi connectivity index (χ0v) is 75.0. The van der Waals surface area contributed by atoms with Crippen molar-refractivity contribution >= 4 is 117 Å². The smallest absolute Gasteiger partial charge is 0.378 e. The molecule has 5 aromatic carbocycles. The number of aryl methyl sites for hydroxylation is 1. The summed E-state index contributed by atoms with van der Waals surface area (Å²) in [6, 6.07) is 46.0. The number of nitrogens with one attached hydrogen (secondary N) is 3. The third kappa shape index (κ3) is 31.1. The monoisotopic (exact) mass is 1860 g/mol. The van der Waals surface area contributed by atoms with Gasteiger partial charge < -0.3 is 53.0 Å². The van der Waals surface area contributed by atoms with Crippen molar-refractivity contribution in [2.75, 3.05) is 6.26 Å². The molecule has 126 heavy (non-hydrogen) atoms. The van der Waals surface area contributed by atoms with Gasteiger partial charge in [-0.05, 0) is 249 Å². The highest BCUT2D eigenvalue weighted by Gasteiger charge is 2.40. The predicted octanol–water partition coefficient (Wildman–Crippen LogP) is 18.5. The first-order chi connectivity index (χ1) is 59.9. The summed E-state index contributed by atoms with van der Waals surface area (Å²) in [5.74, 6) is 27.8. The number of carbonyl (C=O) groups is 4. The highest BCUT2D eigenvalue weighted by molar-refractivity contribution is 7.98.